The highest BCUT2D eigenvalue weighted by atomic mass is 19.1. The Morgan fingerprint density at radius 3 is 2.92 bits per heavy atom. The molecule has 1 aliphatic heterocycles. The quantitative estimate of drug-likeness (QED) is 0.925. The van der Waals surface area contributed by atoms with E-state index in [1.807, 2.05) is 6.07 Å². The second kappa shape index (κ2) is 6.69. The van der Waals surface area contributed by atoms with Gasteiger partial charge in [-0.25, -0.2) is 13.8 Å². The number of rotatable bonds is 4. The van der Waals surface area contributed by atoms with Gasteiger partial charge < -0.3 is 10.2 Å². The van der Waals surface area contributed by atoms with E-state index in [0.717, 1.165) is 11.8 Å². The molecule has 0 aromatic carbocycles. The van der Waals surface area contributed by atoms with Crippen LogP contribution in [0.1, 0.15) is 12.0 Å². The average Bonchev–Trinajstić information content (AvgIpc) is 2.92. The van der Waals surface area contributed by atoms with E-state index in [1.165, 1.54) is 0 Å². The number of nitrogens with one attached hydrogen (secondary N) is 1. The summed E-state index contributed by atoms with van der Waals surface area (Å²) in [5.74, 6) is -3.43. The minimum atomic E-state index is -0.958. The van der Waals surface area contributed by atoms with Crippen LogP contribution >= 0.6 is 0 Å². The van der Waals surface area contributed by atoms with E-state index in [-0.39, 0.29) is 24.7 Å². The van der Waals surface area contributed by atoms with Crippen LogP contribution in [0, 0.1) is 17.6 Å². The minimum Gasteiger partial charge on any atom is -0.337 e. The molecule has 0 aliphatic carbocycles. The molecule has 2 amide bonds. The Kier molecular flexibility index (Phi) is 4.45. The van der Waals surface area contributed by atoms with Crippen LogP contribution in [-0.2, 0) is 16.1 Å². The molecule has 1 saturated heterocycles. The number of carbonyl (C=O) groups is 2. The number of carbonyl (C=O) groups excluding carboxylic acids is 2. The van der Waals surface area contributed by atoms with Crippen LogP contribution in [0.5, 0.6) is 0 Å². The van der Waals surface area contributed by atoms with Gasteiger partial charge in [-0.15, -0.1) is 0 Å². The van der Waals surface area contributed by atoms with Gasteiger partial charge in [0.05, 0.1) is 12.1 Å². The summed E-state index contributed by atoms with van der Waals surface area (Å²) < 4.78 is 26.4. The predicted molar refractivity (Wildman–Crippen MR) is 80.5 cm³/mol. The van der Waals surface area contributed by atoms with Gasteiger partial charge in [0, 0.05) is 38.0 Å². The highest BCUT2D eigenvalue weighted by molar-refractivity contribution is 5.96. The molecule has 1 unspecified atom stereocenters. The van der Waals surface area contributed by atoms with Crippen molar-refractivity contribution in [1.29, 1.82) is 0 Å². The van der Waals surface area contributed by atoms with E-state index in [0.29, 0.717) is 12.6 Å². The van der Waals surface area contributed by atoms with Crippen molar-refractivity contribution in [3.63, 3.8) is 0 Å². The SMILES string of the molecule is O=C(Nc1ncc(F)cc1F)C1CC(=O)N(Cc2cccnc2)C1. The summed E-state index contributed by atoms with van der Waals surface area (Å²) in [5, 5.41) is 2.30. The third kappa shape index (κ3) is 3.53. The minimum absolute atomic E-state index is 0.0366. The van der Waals surface area contributed by atoms with Gasteiger partial charge in [-0.3, -0.25) is 14.6 Å². The molecule has 6 nitrogen and oxygen atoms in total. The van der Waals surface area contributed by atoms with Crippen LogP contribution in [0.3, 0.4) is 0 Å². The first-order valence-electron chi connectivity index (χ1n) is 7.31. The number of hydrogen-bond donors (Lipinski definition) is 1. The first kappa shape index (κ1) is 16.0. The predicted octanol–water partition coefficient (Wildman–Crippen LogP) is 1.74. The van der Waals surface area contributed by atoms with Gasteiger partial charge in [-0.2, -0.15) is 0 Å². The van der Waals surface area contributed by atoms with Crippen LogP contribution in [0.4, 0.5) is 14.6 Å². The highest BCUT2D eigenvalue weighted by Crippen LogP contribution is 2.22. The lowest BCUT2D eigenvalue weighted by Crippen LogP contribution is -2.28. The zero-order valence-electron chi connectivity index (χ0n) is 12.6. The molecule has 124 valence electrons. The molecular weight excluding hydrogens is 318 g/mol. The smallest absolute Gasteiger partial charge is 0.231 e. The zero-order chi connectivity index (χ0) is 17.1. The maximum Gasteiger partial charge on any atom is 0.231 e. The normalized spacial score (nSPS) is 17.2. The molecule has 0 saturated carbocycles. The van der Waals surface area contributed by atoms with Crippen molar-refractivity contribution in [2.24, 2.45) is 5.92 Å². The molecule has 1 fully saturated rings. The van der Waals surface area contributed by atoms with Crippen LogP contribution in [0.25, 0.3) is 0 Å². The fourth-order valence-corrected chi connectivity index (χ4v) is 2.54. The number of hydrogen-bond acceptors (Lipinski definition) is 4. The van der Waals surface area contributed by atoms with E-state index < -0.39 is 23.5 Å². The summed E-state index contributed by atoms with van der Waals surface area (Å²) in [6.45, 7) is 0.585. The fourth-order valence-electron chi connectivity index (χ4n) is 2.54. The Morgan fingerprint density at radius 2 is 2.21 bits per heavy atom. The summed E-state index contributed by atoms with van der Waals surface area (Å²) >= 11 is 0. The lowest BCUT2D eigenvalue weighted by molar-refractivity contribution is -0.128. The van der Waals surface area contributed by atoms with Crippen LogP contribution in [-0.4, -0.2) is 33.2 Å². The summed E-state index contributed by atoms with van der Waals surface area (Å²) in [6, 6.07) is 4.24. The van der Waals surface area contributed by atoms with Crippen molar-refractivity contribution in [1.82, 2.24) is 14.9 Å². The van der Waals surface area contributed by atoms with E-state index in [1.54, 1.807) is 23.4 Å². The van der Waals surface area contributed by atoms with Gasteiger partial charge in [0.15, 0.2) is 11.6 Å². The van der Waals surface area contributed by atoms with Crippen LogP contribution in [0.15, 0.2) is 36.8 Å². The second-order valence-electron chi connectivity index (χ2n) is 5.51. The highest BCUT2D eigenvalue weighted by Gasteiger charge is 2.34. The number of likely N-dealkylation sites (tertiary alicyclic amines) is 1. The Labute approximate surface area is 136 Å². The molecule has 2 aromatic rings. The van der Waals surface area contributed by atoms with Crippen LogP contribution < -0.4 is 5.32 Å². The molecule has 1 N–H and O–H groups in total. The van der Waals surface area contributed by atoms with Gasteiger partial charge in [0.1, 0.15) is 5.82 Å². The van der Waals surface area contributed by atoms with Crippen molar-refractivity contribution < 1.29 is 18.4 Å². The third-order valence-corrected chi connectivity index (χ3v) is 3.73. The Morgan fingerprint density at radius 1 is 1.38 bits per heavy atom. The van der Waals surface area contributed by atoms with Gasteiger partial charge in [-0.1, -0.05) is 6.07 Å². The monoisotopic (exact) mass is 332 g/mol. The zero-order valence-corrected chi connectivity index (χ0v) is 12.6. The summed E-state index contributed by atoms with van der Waals surface area (Å²) in [5.41, 5.74) is 0.859. The molecular formula is C16H14F2N4O2. The van der Waals surface area contributed by atoms with Crippen molar-refractivity contribution >= 4 is 17.6 Å². The van der Waals surface area contributed by atoms with Gasteiger partial charge >= 0.3 is 0 Å². The van der Waals surface area contributed by atoms with E-state index in [2.05, 4.69) is 15.3 Å². The van der Waals surface area contributed by atoms with Crippen molar-refractivity contribution in [3.8, 4) is 0 Å². The number of aromatic nitrogens is 2. The standard InChI is InChI=1S/C16H14F2N4O2/c17-12-5-13(18)15(20-7-12)21-16(24)11-4-14(23)22(9-11)8-10-2-1-3-19-6-10/h1-3,5-7,11H,4,8-9H2,(H,20,21,24). The molecule has 0 bridgehead atoms. The van der Waals surface area contributed by atoms with Crippen molar-refractivity contribution in [2.45, 2.75) is 13.0 Å². The van der Waals surface area contributed by atoms with E-state index >= 15 is 0 Å². The number of amides is 2. The average molecular weight is 332 g/mol. The second-order valence-corrected chi connectivity index (χ2v) is 5.51. The first-order valence-corrected chi connectivity index (χ1v) is 7.31. The topological polar surface area (TPSA) is 75.2 Å². The number of anilines is 1. The molecule has 1 atom stereocenters. The summed E-state index contributed by atoms with van der Waals surface area (Å²) in [7, 11) is 0. The lowest BCUT2D eigenvalue weighted by atomic mass is 10.1. The Bertz CT molecular complexity index is 770. The molecule has 1 aliphatic rings. The molecule has 3 rings (SSSR count). The number of pyridine rings is 2. The van der Waals surface area contributed by atoms with Gasteiger partial charge in [0.2, 0.25) is 11.8 Å². The molecule has 0 spiro atoms. The van der Waals surface area contributed by atoms with E-state index in [9.17, 15) is 18.4 Å². The first-order chi connectivity index (χ1) is 11.5. The van der Waals surface area contributed by atoms with Crippen molar-refractivity contribution in [3.05, 3.63) is 54.0 Å². The fraction of sp³-hybridized carbons (Fsp3) is 0.250. The van der Waals surface area contributed by atoms with Gasteiger partial charge in [-0.05, 0) is 11.6 Å². The lowest BCUT2D eigenvalue weighted by Gasteiger charge is -2.16. The molecule has 2 aromatic heterocycles. The largest absolute Gasteiger partial charge is 0.337 e. The third-order valence-electron chi connectivity index (χ3n) is 3.73. The number of halogens is 2. The molecule has 24 heavy (non-hydrogen) atoms. The van der Waals surface area contributed by atoms with Crippen LogP contribution in [0.2, 0.25) is 0 Å². The van der Waals surface area contributed by atoms with E-state index in [4.69, 9.17) is 0 Å². The maximum absolute atomic E-state index is 13.5. The summed E-state index contributed by atoms with van der Waals surface area (Å²) in [4.78, 5) is 33.3. The number of nitrogens with zero attached hydrogens (tertiary/aromatic N) is 3. The van der Waals surface area contributed by atoms with Gasteiger partial charge in [0.25, 0.3) is 0 Å². The Balaban J connectivity index is 1.63. The maximum atomic E-state index is 13.5. The molecule has 3 heterocycles. The van der Waals surface area contributed by atoms with Crippen molar-refractivity contribution in [2.75, 3.05) is 11.9 Å². The Hall–Kier alpha value is -2.90. The summed E-state index contributed by atoms with van der Waals surface area (Å²) in [6.07, 6.45) is 4.14. The molecule has 8 heteroatoms. The molecule has 0 radical (unpaired) electrons.